The van der Waals surface area contributed by atoms with Crippen LogP contribution in [0.2, 0.25) is 0 Å². The first-order valence-electron chi connectivity index (χ1n) is 6.35. The van der Waals surface area contributed by atoms with Gasteiger partial charge in [0.15, 0.2) is 0 Å². The Labute approximate surface area is 120 Å². The van der Waals surface area contributed by atoms with Gasteiger partial charge in [-0.05, 0) is 36.5 Å². The predicted octanol–water partition coefficient (Wildman–Crippen LogP) is 1.71. The third kappa shape index (κ3) is 6.57. The highest BCUT2D eigenvalue weighted by Gasteiger charge is 2.05. The monoisotopic (exact) mass is 286 g/mol. The maximum Gasteiger partial charge on any atom is 0.251 e. The van der Waals surface area contributed by atoms with Crippen molar-refractivity contribution in [3.8, 4) is 0 Å². The first kappa shape index (κ1) is 17.9. The zero-order valence-corrected chi connectivity index (χ0v) is 12.1. The maximum atomic E-state index is 11.8. The molecule has 1 rings (SSSR count). The molecule has 0 bridgehead atoms. The van der Waals surface area contributed by atoms with Gasteiger partial charge < -0.3 is 16.2 Å². The maximum absolute atomic E-state index is 11.8. The van der Waals surface area contributed by atoms with Crippen LogP contribution in [0.5, 0.6) is 0 Å². The molecule has 0 saturated carbocycles. The van der Waals surface area contributed by atoms with Crippen molar-refractivity contribution >= 4 is 18.3 Å². The number of hydrogen-bond acceptors (Lipinski definition) is 3. The summed E-state index contributed by atoms with van der Waals surface area (Å²) in [6.07, 6.45) is 1.80. The molecule has 1 unspecified atom stereocenters. The number of hydrogen-bond donors (Lipinski definition) is 3. The quantitative estimate of drug-likeness (QED) is 0.668. The number of aliphatic hydroxyl groups is 1. The Balaban J connectivity index is 0.00000324. The summed E-state index contributed by atoms with van der Waals surface area (Å²) < 4.78 is 0. The van der Waals surface area contributed by atoms with Gasteiger partial charge in [-0.25, -0.2) is 0 Å². The summed E-state index contributed by atoms with van der Waals surface area (Å²) in [7, 11) is 0. The smallest absolute Gasteiger partial charge is 0.251 e. The Morgan fingerprint density at radius 1 is 1.37 bits per heavy atom. The van der Waals surface area contributed by atoms with E-state index in [4.69, 9.17) is 10.8 Å². The minimum absolute atomic E-state index is 0. The van der Waals surface area contributed by atoms with Crippen molar-refractivity contribution in [1.82, 2.24) is 5.32 Å². The van der Waals surface area contributed by atoms with Crippen LogP contribution in [0.15, 0.2) is 24.3 Å². The van der Waals surface area contributed by atoms with Gasteiger partial charge in [-0.3, -0.25) is 4.79 Å². The van der Waals surface area contributed by atoms with Crippen LogP contribution in [0, 0.1) is 5.92 Å². The molecule has 1 atom stereocenters. The van der Waals surface area contributed by atoms with E-state index in [2.05, 4.69) is 5.32 Å². The third-order valence-electron chi connectivity index (χ3n) is 2.92. The van der Waals surface area contributed by atoms with Gasteiger partial charge in [0.2, 0.25) is 0 Å². The summed E-state index contributed by atoms with van der Waals surface area (Å²) in [6, 6.07) is 7.30. The van der Waals surface area contributed by atoms with Crippen LogP contribution >= 0.6 is 12.4 Å². The lowest BCUT2D eigenvalue weighted by Gasteiger charge is -2.08. The zero-order chi connectivity index (χ0) is 13.4. The molecule has 0 fully saturated rings. The number of benzene rings is 1. The fourth-order valence-electron chi connectivity index (χ4n) is 1.64. The van der Waals surface area contributed by atoms with E-state index in [-0.39, 0.29) is 24.9 Å². The fourth-order valence-corrected chi connectivity index (χ4v) is 1.64. The molecule has 0 spiro atoms. The van der Waals surface area contributed by atoms with Crippen molar-refractivity contribution < 1.29 is 9.90 Å². The molecule has 0 radical (unpaired) electrons. The minimum Gasteiger partial charge on any atom is -0.396 e. The first-order chi connectivity index (χ1) is 8.67. The molecule has 1 aromatic carbocycles. The number of carbonyl (C=O) groups is 1. The number of carbonyl (C=O) groups excluding carboxylic acids is 1. The molecule has 1 amide bonds. The van der Waals surface area contributed by atoms with Gasteiger partial charge >= 0.3 is 0 Å². The average molecular weight is 287 g/mol. The molecule has 4 nitrogen and oxygen atoms in total. The highest BCUT2D eigenvalue weighted by molar-refractivity contribution is 5.94. The van der Waals surface area contributed by atoms with Crippen LogP contribution in [0.3, 0.4) is 0 Å². The molecule has 0 saturated heterocycles. The lowest BCUT2D eigenvalue weighted by Crippen LogP contribution is -2.24. The number of nitrogens with two attached hydrogens (primary N) is 1. The van der Waals surface area contributed by atoms with Crippen LogP contribution in [0.1, 0.15) is 35.7 Å². The second kappa shape index (κ2) is 9.78. The molecule has 0 aliphatic carbocycles. The number of amides is 1. The Hall–Kier alpha value is -1.10. The van der Waals surface area contributed by atoms with Crippen LogP contribution in [0.4, 0.5) is 0 Å². The Bertz CT molecular complexity index is 368. The summed E-state index contributed by atoms with van der Waals surface area (Å²) in [5, 5.41) is 11.7. The molecule has 0 aromatic heterocycles. The zero-order valence-electron chi connectivity index (χ0n) is 11.3. The highest BCUT2D eigenvalue weighted by atomic mass is 35.5. The molecular formula is C14H23ClN2O2. The van der Waals surface area contributed by atoms with E-state index in [0.29, 0.717) is 24.6 Å². The van der Waals surface area contributed by atoms with Gasteiger partial charge in [-0.15, -0.1) is 12.4 Å². The largest absolute Gasteiger partial charge is 0.396 e. The molecule has 108 valence electrons. The number of nitrogens with one attached hydrogen (secondary N) is 1. The van der Waals surface area contributed by atoms with Gasteiger partial charge in [0.05, 0.1) is 0 Å². The summed E-state index contributed by atoms with van der Waals surface area (Å²) in [4.78, 5) is 11.8. The van der Waals surface area contributed by atoms with Crippen molar-refractivity contribution in [2.45, 2.75) is 26.3 Å². The van der Waals surface area contributed by atoms with Gasteiger partial charge in [0.25, 0.3) is 5.91 Å². The summed E-state index contributed by atoms with van der Waals surface area (Å²) in [5.41, 5.74) is 7.17. The highest BCUT2D eigenvalue weighted by Crippen LogP contribution is 2.05. The normalized spacial score (nSPS) is 11.5. The molecule has 1 aromatic rings. The second-order valence-corrected chi connectivity index (χ2v) is 4.59. The van der Waals surface area contributed by atoms with E-state index in [1.165, 1.54) is 0 Å². The van der Waals surface area contributed by atoms with Crippen molar-refractivity contribution in [3.63, 3.8) is 0 Å². The van der Waals surface area contributed by atoms with Crippen molar-refractivity contribution in [3.05, 3.63) is 35.4 Å². The SMILES string of the molecule is CC(CO)CCCNC(=O)c1ccc(CN)cc1.Cl. The van der Waals surface area contributed by atoms with E-state index in [0.717, 1.165) is 18.4 Å². The van der Waals surface area contributed by atoms with Crippen molar-refractivity contribution in [1.29, 1.82) is 0 Å². The second-order valence-electron chi connectivity index (χ2n) is 4.59. The molecule has 4 N–H and O–H groups in total. The van der Waals surface area contributed by atoms with Crippen LogP contribution in [-0.2, 0) is 6.54 Å². The Morgan fingerprint density at radius 3 is 2.53 bits per heavy atom. The topological polar surface area (TPSA) is 75.3 Å². The third-order valence-corrected chi connectivity index (χ3v) is 2.92. The fraction of sp³-hybridized carbons (Fsp3) is 0.500. The van der Waals surface area contributed by atoms with Gasteiger partial charge in [0.1, 0.15) is 0 Å². The molecular weight excluding hydrogens is 264 g/mol. The van der Waals surface area contributed by atoms with Gasteiger partial charge in [-0.1, -0.05) is 19.1 Å². The van der Waals surface area contributed by atoms with E-state index in [9.17, 15) is 4.79 Å². The Kier molecular flexibility index (Phi) is 9.21. The molecule has 0 heterocycles. The molecule has 19 heavy (non-hydrogen) atoms. The standard InChI is InChI=1S/C14H22N2O2.ClH/c1-11(10-17)3-2-8-16-14(18)13-6-4-12(9-15)5-7-13;/h4-7,11,17H,2-3,8-10,15H2,1H3,(H,16,18);1H. The summed E-state index contributed by atoms with van der Waals surface area (Å²) in [5.74, 6) is 0.237. The van der Waals surface area contributed by atoms with Gasteiger partial charge in [-0.2, -0.15) is 0 Å². The molecule has 0 aliphatic heterocycles. The first-order valence-corrected chi connectivity index (χ1v) is 6.35. The van der Waals surface area contributed by atoms with E-state index in [1.807, 2.05) is 19.1 Å². The minimum atomic E-state index is -0.0600. The Morgan fingerprint density at radius 2 is 2.00 bits per heavy atom. The summed E-state index contributed by atoms with van der Waals surface area (Å²) in [6.45, 7) is 3.32. The number of aliphatic hydroxyl groups excluding tert-OH is 1. The molecule has 5 heteroatoms. The van der Waals surface area contributed by atoms with Crippen LogP contribution < -0.4 is 11.1 Å². The van der Waals surface area contributed by atoms with Crippen molar-refractivity contribution in [2.24, 2.45) is 11.7 Å². The van der Waals surface area contributed by atoms with Gasteiger partial charge in [0, 0.05) is 25.3 Å². The van der Waals surface area contributed by atoms with E-state index >= 15 is 0 Å². The predicted molar refractivity (Wildman–Crippen MR) is 79.4 cm³/mol. The summed E-state index contributed by atoms with van der Waals surface area (Å²) >= 11 is 0. The van der Waals surface area contributed by atoms with E-state index in [1.54, 1.807) is 12.1 Å². The van der Waals surface area contributed by atoms with Crippen LogP contribution in [-0.4, -0.2) is 24.2 Å². The lowest BCUT2D eigenvalue weighted by molar-refractivity contribution is 0.0952. The van der Waals surface area contributed by atoms with Crippen LogP contribution in [0.25, 0.3) is 0 Å². The lowest BCUT2D eigenvalue weighted by atomic mass is 10.1. The average Bonchev–Trinajstić information content (AvgIpc) is 2.43. The number of halogens is 1. The molecule has 0 aliphatic rings. The number of rotatable bonds is 7. The van der Waals surface area contributed by atoms with Crippen molar-refractivity contribution in [2.75, 3.05) is 13.2 Å². The van der Waals surface area contributed by atoms with E-state index < -0.39 is 0 Å².